The highest BCUT2D eigenvalue weighted by molar-refractivity contribution is 7.45. The molecule has 0 aromatic carbocycles. The number of aliphatic hydroxyl groups is 1. The summed E-state index contributed by atoms with van der Waals surface area (Å²) in [6.07, 6.45) is 60.1. The number of phosphoric acid groups is 1. The molecule has 0 saturated heterocycles. The van der Waals surface area contributed by atoms with Crippen molar-refractivity contribution in [2.45, 2.75) is 238 Å². The number of carbonyl (C=O) groups is 1. The van der Waals surface area contributed by atoms with Crippen molar-refractivity contribution in [2.75, 3.05) is 40.9 Å². The summed E-state index contributed by atoms with van der Waals surface area (Å²) < 4.78 is 23.2. The molecule has 0 fully saturated rings. The van der Waals surface area contributed by atoms with Crippen LogP contribution in [0, 0.1) is 0 Å². The molecule has 0 rings (SSSR count). The van der Waals surface area contributed by atoms with Crippen LogP contribution in [0.4, 0.5) is 0 Å². The lowest BCUT2D eigenvalue weighted by Gasteiger charge is -2.29. The van der Waals surface area contributed by atoms with Gasteiger partial charge in [-0.15, -0.1) is 0 Å². The number of carbonyl (C=O) groups excluding carboxylic acids is 1. The van der Waals surface area contributed by atoms with Gasteiger partial charge in [-0.25, -0.2) is 0 Å². The van der Waals surface area contributed by atoms with E-state index in [9.17, 15) is 19.4 Å². The number of unbranched alkanes of at least 4 members (excludes halogenated alkanes) is 26. The lowest BCUT2D eigenvalue weighted by molar-refractivity contribution is -0.870. The first-order valence-electron chi connectivity index (χ1n) is 26.2. The number of hydrogen-bond acceptors (Lipinski definition) is 6. The Morgan fingerprint density at radius 1 is 0.556 bits per heavy atom. The van der Waals surface area contributed by atoms with E-state index in [1.165, 1.54) is 135 Å². The number of rotatable bonds is 47. The van der Waals surface area contributed by atoms with Crippen LogP contribution in [0.25, 0.3) is 0 Å². The Morgan fingerprint density at radius 3 is 1.43 bits per heavy atom. The Balaban J connectivity index is 4.32. The summed E-state index contributed by atoms with van der Waals surface area (Å²) in [5.41, 5.74) is 0. The Morgan fingerprint density at radius 2 is 0.952 bits per heavy atom. The minimum absolute atomic E-state index is 0.0140. The topological polar surface area (TPSA) is 108 Å². The van der Waals surface area contributed by atoms with Crippen LogP contribution >= 0.6 is 7.82 Å². The average Bonchev–Trinajstić information content (AvgIpc) is 3.24. The Hall–Kier alpha value is -1.80. The molecule has 0 aromatic heterocycles. The standard InChI is InChI=1S/C54H101N2O6P/c1-6-8-10-12-14-16-18-20-22-23-24-25-26-27-28-29-30-31-32-33-34-35-37-39-41-43-45-47-53(57)52(51-62-63(59,60)61-50-49-56(3,4)5)55-54(58)48-46-44-42-40-38-36-21-19-17-15-13-11-9-7-2/h13,15,19,21,32-33,37,39,45,47,52-53,57H,6-12,14,16-18,20,22-31,34-36,38,40-44,46,48-51H2,1-5H3,(H-,55,58,59,60)/b15-13-,21-19-,33-32+,39-37+,47-45+. The second-order valence-electron chi connectivity index (χ2n) is 18.9. The van der Waals surface area contributed by atoms with Crippen molar-refractivity contribution in [3.63, 3.8) is 0 Å². The third-order valence-corrected chi connectivity index (χ3v) is 12.4. The second kappa shape index (κ2) is 45.4. The molecule has 0 radical (unpaired) electrons. The van der Waals surface area contributed by atoms with Crippen LogP contribution in [0.15, 0.2) is 60.8 Å². The third kappa shape index (κ3) is 48.0. The van der Waals surface area contributed by atoms with Crippen molar-refractivity contribution < 1.29 is 32.9 Å². The van der Waals surface area contributed by atoms with E-state index in [1.807, 2.05) is 27.2 Å². The number of phosphoric ester groups is 1. The van der Waals surface area contributed by atoms with Crippen LogP contribution in [-0.2, 0) is 18.4 Å². The van der Waals surface area contributed by atoms with Gasteiger partial charge in [0.15, 0.2) is 0 Å². The van der Waals surface area contributed by atoms with Crippen molar-refractivity contribution >= 4 is 13.7 Å². The number of amides is 1. The maximum Gasteiger partial charge on any atom is 0.268 e. The van der Waals surface area contributed by atoms with Gasteiger partial charge in [-0.1, -0.05) is 209 Å². The van der Waals surface area contributed by atoms with Crippen molar-refractivity contribution in [3.05, 3.63) is 60.8 Å². The summed E-state index contributed by atoms with van der Waals surface area (Å²) in [7, 11) is 1.22. The van der Waals surface area contributed by atoms with E-state index in [4.69, 9.17) is 9.05 Å². The quantitative estimate of drug-likeness (QED) is 0.0273. The number of allylic oxidation sites excluding steroid dienone is 9. The molecule has 0 aliphatic carbocycles. The molecule has 63 heavy (non-hydrogen) atoms. The fourth-order valence-corrected chi connectivity index (χ4v) is 7.98. The minimum atomic E-state index is -4.61. The maximum absolute atomic E-state index is 12.9. The van der Waals surface area contributed by atoms with Crippen molar-refractivity contribution in [1.29, 1.82) is 0 Å². The van der Waals surface area contributed by atoms with Gasteiger partial charge in [0, 0.05) is 6.42 Å². The molecular weight excluding hydrogens is 804 g/mol. The van der Waals surface area contributed by atoms with Crippen LogP contribution in [-0.4, -0.2) is 68.5 Å². The average molecular weight is 905 g/mol. The summed E-state index contributed by atoms with van der Waals surface area (Å²) in [6, 6.07) is -0.919. The van der Waals surface area contributed by atoms with Gasteiger partial charge in [-0.05, 0) is 70.6 Å². The van der Waals surface area contributed by atoms with E-state index in [0.29, 0.717) is 17.4 Å². The predicted octanol–water partition coefficient (Wildman–Crippen LogP) is 14.7. The molecule has 0 aliphatic heterocycles. The highest BCUT2D eigenvalue weighted by atomic mass is 31.2. The van der Waals surface area contributed by atoms with Crippen LogP contribution in [0.1, 0.15) is 226 Å². The number of likely N-dealkylation sites (N-methyl/N-ethyl adjacent to an activating group) is 1. The zero-order valence-electron chi connectivity index (χ0n) is 41.8. The summed E-state index contributed by atoms with van der Waals surface area (Å²) in [5, 5.41) is 13.8. The largest absolute Gasteiger partial charge is 0.756 e. The Bertz CT molecular complexity index is 1210. The van der Waals surface area contributed by atoms with E-state index < -0.39 is 26.6 Å². The van der Waals surface area contributed by atoms with E-state index in [1.54, 1.807) is 6.08 Å². The highest BCUT2D eigenvalue weighted by Crippen LogP contribution is 2.38. The SMILES string of the molecule is CCCC/C=C\C/C=C\CCCCCCCC(=O)NC(COP(=O)([O-])OCC[N+](C)(C)C)C(O)/C=C/CC/C=C/CC/C=C/CCCCCCCCCCCCCCCCCCC. The monoisotopic (exact) mass is 905 g/mol. The van der Waals surface area contributed by atoms with Crippen LogP contribution in [0.2, 0.25) is 0 Å². The van der Waals surface area contributed by atoms with Crippen molar-refractivity contribution in [2.24, 2.45) is 0 Å². The summed E-state index contributed by atoms with van der Waals surface area (Å²) in [6.45, 7) is 4.57. The number of quaternary nitrogens is 1. The van der Waals surface area contributed by atoms with Crippen LogP contribution in [0.3, 0.4) is 0 Å². The second-order valence-corrected chi connectivity index (χ2v) is 20.3. The molecule has 0 bridgehead atoms. The zero-order chi connectivity index (χ0) is 46.4. The smallest absolute Gasteiger partial charge is 0.268 e. The maximum atomic E-state index is 12.9. The molecule has 0 saturated carbocycles. The van der Waals surface area contributed by atoms with Gasteiger partial charge in [0.2, 0.25) is 5.91 Å². The van der Waals surface area contributed by atoms with E-state index in [0.717, 1.165) is 70.6 Å². The fraction of sp³-hybridized carbons (Fsp3) is 0.796. The first-order chi connectivity index (χ1) is 30.5. The molecule has 0 aliphatic rings. The lowest BCUT2D eigenvalue weighted by atomic mass is 10.0. The molecule has 2 N–H and O–H groups in total. The van der Waals surface area contributed by atoms with Crippen molar-refractivity contribution in [3.8, 4) is 0 Å². The Kier molecular flexibility index (Phi) is 44.1. The van der Waals surface area contributed by atoms with Gasteiger partial charge in [0.25, 0.3) is 7.82 Å². The first kappa shape index (κ1) is 61.2. The number of aliphatic hydroxyl groups excluding tert-OH is 1. The van der Waals surface area contributed by atoms with E-state index in [-0.39, 0.29) is 12.5 Å². The molecular formula is C54H101N2O6P. The van der Waals surface area contributed by atoms with Crippen LogP contribution in [0.5, 0.6) is 0 Å². The Labute approximate surface area is 390 Å². The molecule has 0 heterocycles. The first-order valence-corrected chi connectivity index (χ1v) is 27.6. The normalized spacial score (nSPS) is 14.6. The van der Waals surface area contributed by atoms with Gasteiger partial charge in [0.05, 0.1) is 39.9 Å². The summed E-state index contributed by atoms with van der Waals surface area (Å²) in [4.78, 5) is 25.4. The molecule has 9 heteroatoms. The summed E-state index contributed by atoms with van der Waals surface area (Å²) >= 11 is 0. The third-order valence-electron chi connectivity index (χ3n) is 11.4. The molecule has 1 amide bonds. The molecule has 368 valence electrons. The lowest BCUT2D eigenvalue weighted by Crippen LogP contribution is -2.45. The fourth-order valence-electron chi connectivity index (χ4n) is 7.26. The van der Waals surface area contributed by atoms with E-state index >= 15 is 0 Å². The molecule has 8 nitrogen and oxygen atoms in total. The molecule has 3 unspecified atom stereocenters. The van der Waals surface area contributed by atoms with Crippen LogP contribution < -0.4 is 10.2 Å². The molecule has 0 spiro atoms. The van der Waals surface area contributed by atoms with Gasteiger partial charge in [0.1, 0.15) is 13.2 Å². The van der Waals surface area contributed by atoms with Gasteiger partial charge >= 0.3 is 0 Å². The number of hydrogen-bond donors (Lipinski definition) is 2. The molecule has 0 aromatic rings. The zero-order valence-corrected chi connectivity index (χ0v) is 42.7. The van der Waals surface area contributed by atoms with E-state index in [2.05, 4.69) is 67.8 Å². The minimum Gasteiger partial charge on any atom is -0.756 e. The molecule has 3 atom stereocenters. The highest BCUT2D eigenvalue weighted by Gasteiger charge is 2.23. The number of nitrogens with zero attached hydrogens (tertiary/aromatic N) is 1. The van der Waals surface area contributed by atoms with Crippen molar-refractivity contribution in [1.82, 2.24) is 5.32 Å². The number of nitrogens with one attached hydrogen (secondary N) is 1. The van der Waals surface area contributed by atoms with Gasteiger partial charge in [-0.2, -0.15) is 0 Å². The predicted molar refractivity (Wildman–Crippen MR) is 270 cm³/mol. The van der Waals surface area contributed by atoms with Gasteiger partial charge < -0.3 is 28.8 Å². The summed E-state index contributed by atoms with van der Waals surface area (Å²) in [5.74, 6) is -0.227. The van der Waals surface area contributed by atoms with Gasteiger partial charge in [-0.3, -0.25) is 9.36 Å².